The number of aryl methyl sites for hydroxylation is 1. The van der Waals surface area contributed by atoms with Crippen LogP contribution in [-0.4, -0.2) is 27.8 Å². The molecule has 2 rings (SSSR count). The first-order valence-corrected chi connectivity index (χ1v) is 6.05. The molecule has 2 heterocycles. The minimum atomic E-state index is 0.978. The van der Waals surface area contributed by atoms with Gasteiger partial charge in [-0.25, -0.2) is 0 Å². The fraction of sp³-hybridized carbons (Fsp3) is 0.750. The third-order valence-corrected chi connectivity index (χ3v) is 3.35. The summed E-state index contributed by atoms with van der Waals surface area (Å²) in [4.78, 5) is 2.55. The van der Waals surface area contributed by atoms with E-state index in [0.717, 1.165) is 13.1 Å². The van der Waals surface area contributed by atoms with Gasteiger partial charge in [-0.15, -0.1) is 0 Å². The molecule has 0 radical (unpaired) electrons. The van der Waals surface area contributed by atoms with Crippen molar-refractivity contribution in [2.75, 3.05) is 13.1 Å². The topological polar surface area (TPSA) is 21.1 Å². The molecule has 0 amide bonds. The van der Waals surface area contributed by atoms with Gasteiger partial charge in [-0.1, -0.05) is 6.42 Å². The van der Waals surface area contributed by atoms with Crippen molar-refractivity contribution in [1.29, 1.82) is 0 Å². The van der Waals surface area contributed by atoms with Crippen LogP contribution in [0.2, 0.25) is 0 Å². The molecule has 0 aliphatic carbocycles. The highest BCUT2D eigenvalue weighted by atomic mass is 15.3. The number of rotatable bonds is 3. The van der Waals surface area contributed by atoms with E-state index >= 15 is 0 Å². The van der Waals surface area contributed by atoms with Crippen molar-refractivity contribution in [3.63, 3.8) is 0 Å². The van der Waals surface area contributed by atoms with E-state index in [1.165, 1.54) is 43.6 Å². The monoisotopic (exact) mass is 207 g/mol. The van der Waals surface area contributed by atoms with Crippen LogP contribution in [0.15, 0.2) is 6.20 Å². The van der Waals surface area contributed by atoms with Crippen LogP contribution in [0.1, 0.15) is 37.4 Å². The van der Waals surface area contributed by atoms with Crippen LogP contribution in [0.3, 0.4) is 0 Å². The summed E-state index contributed by atoms with van der Waals surface area (Å²) in [6.45, 7) is 8.91. The predicted molar refractivity (Wildman–Crippen MR) is 61.8 cm³/mol. The Morgan fingerprint density at radius 1 is 1.27 bits per heavy atom. The van der Waals surface area contributed by atoms with Gasteiger partial charge in [0.2, 0.25) is 0 Å². The Balaban J connectivity index is 2.00. The standard InChI is InChI=1S/C12H21N3/c1-3-15-11(2)12(9-13-15)10-14-7-5-4-6-8-14/h9H,3-8,10H2,1-2H3. The molecule has 1 fully saturated rings. The van der Waals surface area contributed by atoms with Gasteiger partial charge in [0.05, 0.1) is 6.20 Å². The summed E-state index contributed by atoms with van der Waals surface area (Å²) in [7, 11) is 0. The largest absolute Gasteiger partial charge is 0.299 e. The van der Waals surface area contributed by atoms with E-state index in [2.05, 4.69) is 28.5 Å². The minimum absolute atomic E-state index is 0.978. The van der Waals surface area contributed by atoms with Gasteiger partial charge in [-0.05, 0) is 39.8 Å². The lowest BCUT2D eigenvalue weighted by molar-refractivity contribution is 0.220. The van der Waals surface area contributed by atoms with Crippen molar-refractivity contribution < 1.29 is 0 Å². The highest BCUT2D eigenvalue weighted by Crippen LogP contribution is 2.15. The number of nitrogens with zero attached hydrogens (tertiary/aromatic N) is 3. The maximum Gasteiger partial charge on any atom is 0.0537 e. The van der Waals surface area contributed by atoms with E-state index in [1.54, 1.807) is 0 Å². The maximum atomic E-state index is 4.39. The quantitative estimate of drug-likeness (QED) is 0.757. The zero-order valence-electron chi connectivity index (χ0n) is 9.87. The van der Waals surface area contributed by atoms with Crippen molar-refractivity contribution in [2.24, 2.45) is 0 Å². The summed E-state index contributed by atoms with van der Waals surface area (Å²) in [5, 5.41) is 4.39. The normalized spacial score (nSPS) is 18.3. The van der Waals surface area contributed by atoms with E-state index in [4.69, 9.17) is 0 Å². The highest BCUT2D eigenvalue weighted by molar-refractivity contribution is 5.15. The fourth-order valence-electron chi connectivity index (χ4n) is 2.32. The minimum Gasteiger partial charge on any atom is -0.299 e. The Morgan fingerprint density at radius 3 is 2.60 bits per heavy atom. The van der Waals surface area contributed by atoms with E-state index < -0.39 is 0 Å². The third-order valence-electron chi connectivity index (χ3n) is 3.35. The second-order valence-corrected chi connectivity index (χ2v) is 4.41. The molecule has 3 nitrogen and oxygen atoms in total. The van der Waals surface area contributed by atoms with Crippen LogP contribution in [-0.2, 0) is 13.1 Å². The molecule has 1 aromatic heterocycles. The zero-order valence-corrected chi connectivity index (χ0v) is 9.87. The Hall–Kier alpha value is -0.830. The van der Waals surface area contributed by atoms with Crippen LogP contribution < -0.4 is 0 Å². The van der Waals surface area contributed by atoms with Gasteiger partial charge in [0.15, 0.2) is 0 Å². The molecule has 0 atom stereocenters. The van der Waals surface area contributed by atoms with Crippen LogP contribution in [0, 0.1) is 6.92 Å². The molecule has 15 heavy (non-hydrogen) atoms. The van der Waals surface area contributed by atoms with E-state index in [9.17, 15) is 0 Å². The zero-order chi connectivity index (χ0) is 10.7. The lowest BCUT2D eigenvalue weighted by Gasteiger charge is -2.26. The Labute approximate surface area is 92.1 Å². The lowest BCUT2D eigenvalue weighted by atomic mass is 10.1. The van der Waals surface area contributed by atoms with Gasteiger partial charge >= 0.3 is 0 Å². The summed E-state index contributed by atoms with van der Waals surface area (Å²) >= 11 is 0. The van der Waals surface area contributed by atoms with Crippen LogP contribution in [0.25, 0.3) is 0 Å². The third kappa shape index (κ3) is 2.40. The smallest absolute Gasteiger partial charge is 0.0537 e. The molecular weight excluding hydrogens is 186 g/mol. The molecular formula is C12H21N3. The van der Waals surface area contributed by atoms with E-state index in [1.807, 2.05) is 6.20 Å². The number of likely N-dealkylation sites (tertiary alicyclic amines) is 1. The Morgan fingerprint density at radius 2 is 2.00 bits per heavy atom. The second kappa shape index (κ2) is 4.79. The molecule has 0 bridgehead atoms. The van der Waals surface area contributed by atoms with Crippen molar-refractivity contribution >= 4 is 0 Å². The summed E-state index contributed by atoms with van der Waals surface area (Å²) in [5.74, 6) is 0. The Bertz CT molecular complexity index is 311. The highest BCUT2D eigenvalue weighted by Gasteiger charge is 2.13. The molecule has 1 aliphatic rings. The van der Waals surface area contributed by atoms with Crippen molar-refractivity contribution in [3.8, 4) is 0 Å². The summed E-state index contributed by atoms with van der Waals surface area (Å²) in [6, 6.07) is 0. The predicted octanol–water partition coefficient (Wildman–Crippen LogP) is 2.20. The van der Waals surface area contributed by atoms with E-state index in [0.29, 0.717) is 0 Å². The SMILES string of the molecule is CCn1ncc(CN2CCCCC2)c1C. The Kier molecular flexibility index (Phi) is 3.41. The first-order chi connectivity index (χ1) is 7.31. The molecule has 0 spiro atoms. The first-order valence-electron chi connectivity index (χ1n) is 6.05. The van der Waals surface area contributed by atoms with Gasteiger partial charge in [-0.2, -0.15) is 5.10 Å². The molecule has 1 saturated heterocycles. The maximum absolute atomic E-state index is 4.39. The number of piperidine rings is 1. The molecule has 84 valence electrons. The average molecular weight is 207 g/mol. The van der Waals surface area contributed by atoms with Crippen LogP contribution in [0.4, 0.5) is 0 Å². The number of aromatic nitrogens is 2. The molecule has 0 N–H and O–H groups in total. The van der Waals surface area contributed by atoms with Gasteiger partial charge < -0.3 is 0 Å². The van der Waals surface area contributed by atoms with Gasteiger partial charge in [0, 0.05) is 24.3 Å². The van der Waals surface area contributed by atoms with Crippen LogP contribution >= 0.6 is 0 Å². The molecule has 0 unspecified atom stereocenters. The van der Waals surface area contributed by atoms with Crippen molar-refractivity contribution in [3.05, 3.63) is 17.5 Å². The molecule has 3 heteroatoms. The van der Waals surface area contributed by atoms with E-state index in [-0.39, 0.29) is 0 Å². The fourth-order valence-corrected chi connectivity index (χ4v) is 2.32. The molecule has 0 aromatic carbocycles. The van der Waals surface area contributed by atoms with Crippen molar-refractivity contribution in [1.82, 2.24) is 14.7 Å². The number of hydrogen-bond donors (Lipinski definition) is 0. The van der Waals surface area contributed by atoms with Crippen LogP contribution in [0.5, 0.6) is 0 Å². The first kappa shape index (κ1) is 10.7. The molecule has 1 aliphatic heterocycles. The second-order valence-electron chi connectivity index (χ2n) is 4.41. The summed E-state index contributed by atoms with van der Waals surface area (Å²) < 4.78 is 2.08. The molecule has 1 aromatic rings. The van der Waals surface area contributed by atoms with Gasteiger partial charge in [0.25, 0.3) is 0 Å². The lowest BCUT2D eigenvalue weighted by Crippen LogP contribution is -2.29. The summed E-state index contributed by atoms with van der Waals surface area (Å²) in [6.07, 6.45) is 6.17. The van der Waals surface area contributed by atoms with Gasteiger partial charge in [0.1, 0.15) is 0 Å². The summed E-state index contributed by atoms with van der Waals surface area (Å²) in [5.41, 5.74) is 2.74. The van der Waals surface area contributed by atoms with Gasteiger partial charge in [-0.3, -0.25) is 9.58 Å². The number of hydrogen-bond acceptors (Lipinski definition) is 2. The molecule has 0 saturated carbocycles. The van der Waals surface area contributed by atoms with Crippen molar-refractivity contribution in [2.45, 2.75) is 46.2 Å². The average Bonchev–Trinajstić information content (AvgIpc) is 2.62.